The third-order valence-corrected chi connectivity index (χ3v) is 6.65. The Labute approximate surface area is 258 Å². The minimum Gasteiger partial charge on any atom is -0.481 e. The predicted molar refractivity (Wildman–Crippen MR) is 162 cm³/mol. The van der Waals surface area contributed by atoms with E-state index in [1.54, 1.807) is 20.8 Å². The van der Waals surface area contributed by atoms with Crippen molar-refractivity contribution in [3.63, 3.8) is 0 Å². The Kier molecular flexibility index (Phi) is 13.4. The maximum absolute atomic E-state index is 13.2. The fourth-order valence-electron chi connectivity index (χ4n) is 4.65. The standard InChI is InChI=1S/C32H43N3O9/c1-32(2,3)44-30(39)34-15-17-35(16-14-33-28(36)12-18-41-20-21-42-19-13-29(37)38)31(40)43-22-27-25-10-6-4-8-23(25)24-9-5-7-11-26(24)27/h4-11,27H,12-22H2,1-3H3,(H,33,36)(H,34,39)(H,37,38). The molecule has 0 saturated carbocycles. The van der Waals surface area contributed by atoms with E-state index in [4.69, 9.17) is 24.1 Å². The number of carboxylic acids is 1. The highest BCUT2D eigenvalue weighted by Gasteiger charge is 2.29. The molecule has 0 spiro atoms. The summed E-state index contributed by atoms with van der Waals surface area (Å²) in [6.07, 6.45) is -1.11. The van der Waals surface area contributed by atoms with Crippen LogP contribution in [-0.4, -0.2) is 98.9 Å². The first-order valence-electron chi connectivity index (χ1n) is 14.8. The van der Waals surface area contributed by atoms with Crippen LogP contribution < -0.4 is 10.6 Å². The lowest BCUT2D eigenvalue weighted by molar-refractivity contribution is -0.138. The number of hydrogen-bond acceptors (Lipinski definition) is 8. The normalized spacial score (nSPS) is 12.2. The summed E-state index contributed by atoms with van der Waals surface area (Å²) >= 11 is 0. The monoisotopic (exact) mass is 613 g/mol. The van der Waals surface area contributed by atoms with E-state index >= 15 is 0 Å². The second-order valence-corrected chi connectivity index (χ2v) is 11.2. The number of hydrogen-bond donors (Lipinski definition) is 3. The van der Waals surface area contributed by atoms with Gasteiger partial charge in [-0.15, -0.1) is 0 Å². The van der Waals surface area contributed by atoms with Gasteiger partial charge in [0.2, 0.25) is 5.91 Å². The SMILES string of the molecule is CC(C)(C)OC(=O)NCCN(CCNC(=O)CCOCCOCCC(=O)O)C(=O)OCC1c2ccccc2-c2ccccc21. The largest absolute Gasteiger partial charge is 0.481 e. The molecule has 1 aliphatic carbocycles. The van der Waals surface area contributed by atoms with Crippen LogP contribution in [0.5, 0.6) is 0 Å². The highest BCUT2D eigenvalue weighted by atomic mass is 16.6. The van der Waals surface area contributed by atoms with Crippen molar-refractivity contribution < 1.29 is 43.2 Å². The number of benzene rings is 2. The number of alkyl carbamates (subject to hydrolysis) is 1. The quantitative estimate of drug-likeness (QED) is 0.226. The average molecular weight is 614 g/mol. The molecule has 3 N–H and O–H groups in total. The summed E-state index contributed by atoms with van der Waals surface area (Å²) in [6.45, 7) is 6.81. The highest BCUT2D eigenvalue weighted by Crippen LogP contribution is 2.44. The Bertz CT molecular complexity index is 1220. The molecule has 0 atom stereocenters. The molecule has 3 rings (SSSR count). The second kappa shape index (κ2) is 17.2. The van der Waals surface area contributed by atoms with Gasteiger partial charge in [-0.25, -0.2) is 9.59 Å². The van der Waals surface area contributed by atoms with E-state index in [2.05, 4.69) is 22.8 Å². The van der Waals surface area contributed by atoms with Crippen LogP contribution in [0.3, 0.4) is 0 Å². The van der Waals surface area contributed by atoms with Crippen molar-refractivity contribution in [3.8, 4) is 11.1 Å². The Hall–Kier alpha value is -4.16. The van der Waals surface area contributed by atoms with Crippen LogP contribution in [0.2, 0.25) is 0 Å². The van der Waals surface area contributed by atoms with Crippen molar-refractivity contribution >= 4 is 24.1 Å². The van der Waals surface area contributed by atoms with Crippen LogP contribution in [-0.2, 0) is 28.5 Å². The zero-order valence-electron chi connectivity index (χ0n) is 25.6. The average Bonchev–Trinajstić information content (AvgIpc) is 3.29. The van der Waals surface area contributed by atoms with Crippen LogP contribution in [0.15, 0.2) is 48.5 Å². The van der Waals surface area contributed by atoms with Crippen LogP contribution in [0.25, 0.3) is 11.1 Å². The van der Waals surface area contributed by atoms with E-state index in [0.717, 1.165) is 22.3 Å². The van der Waals surface area contributed by atoms with Crippen LogP contribution >= 0.6 is 0 Å². The smallest absolute Gasteiger partial charge is 0.409 e. The maximum atomic E-state index is 13.2. The highest BCUT2D eigenvalue weighted by molar-refractivity contribution is 5.79. The fourth-order valence-corrected chi connectivity index (χ4v) is 4.65. The van der Waals surface area contributed by atoms with Crippen molar-refractivity contribution in [1.29, 1.82) is 0 Å². The van der Waals surface area contributed by atoms with Gasteiger partial charge in [0.05, 0.1) is 32.8 Å². The molecule has 12 heteroatoms. The Morgan fingerprint density at radius 3 is 1.91 bits per heavy atom. The molecule has 2 aromatic rings. The molecular formula is C32H43N3O9. The zero-order chi connectivity index (χ0) is 32.0. The Morgan fingerprint density at radius 1 is 0.795 bits per heavy atom. The van der Waals surface area contributed by atoms with Crippen molar-refractivity contribution in [1.82, 2.24) is 15.5 Å². The Morgan fingerprint density at radius 2 is 1.34 bits per heavy atom. The van der Waals surface area contributed by atoms with Gasteiger partial charge in [0.25, 0.3) is 0 Å². The number of nitrogens with zero attached hydrogens (tertiary/aromatic N) is 1. The van der Waals surface area contributed by atoms with E-state index in [9.17, 15) is 19.2 Å². The van der Waals surface area contributed by atoms with E-state index in [1.165, 1.54) is 4.90 Å². The topological polar surface area (TPSA) is 153 Å². The molecule has 240 valence electrons. The van der Waals surface area contributed by atoms with E-state index < -0.39 is 23.8 Å². The third kappa shape index (κ3) is 11.5. The number of carbonyl (C=O) groups is 4. The maximum Gasteiger partial charge on any atom is 0.409 e. The minimum absolute atomic E-state index is 0.0769. The lowest BCUT2D eigenvalue weighted by atomic mass is 9.98. The number of fused-ring (bicyclic) bond motifs is 3. The molecule has 0 heterocycles. The van der Waals surface area contributed by atoms with Gasteiger partial charge in [-0.2, -0.15) is 0 Å². The lowest BCUT2D eigenvalue weighted by Crippen LogP contribution is -2.44. The van der Waals surface area contributed by atoms with Gasteiger partial charge in [-0.3, -0.25) is 9.59 Å². The van der Waals surface area contributed by atoms with Gasteiger partial charge in [0.15, 0.2) is 0 Å². The zero-order valence-corrected chi connectivity index (χ0v) is 25.6. The fraction of sp³-hybridized carbons (Fsp3) is 0.500. The number of amides is 3. The molecule has 44 heavy (non-hydrogen) atoms. The van der Waals surface area contributed by atoms with E-state index in [-0.39, 0.29) is 83.9 Å². The number of carbonyl (C=O) groups excluding carboxylic acids is 3. The van der Waals surface area contributed by atoms with Crippen molar-refractivity contribution in [3.05, 3.63) is 59.7 Å². The second-order valence-electron chi connectivity index (χ2n) is 11.2. The van der Waals surface area contributed by atoms with Gasteiger partial charge in [0.1, 0.15) is 12.2 Å². The summed E-state index contributed by atoms with van der Waals surface area (Å²) in [7, 11) is 0. The molecule has 0 unspecified atom stereocenters. The number of aliphatic carboxylic acids is 1. The van der Waals surface area contributed by atoms with Crippen LogP contribution in [0.4, 0.5) is 9.59 Å². The first kappa shape index (κ1) is 34.3. The summed E-state index contributed by atoms with van der Waals surface area (Å²) in [4.78, 5) is 49.5. The van der Waals surface area contributed by atoms with Gasteiger partial charge in [-0.05, 0) is 43.0 Å². The first-order valence-corrected chi connectivity index (χ1v) is 14.8. The van der Waals surface area contributed by atoms with Crippen molar-refractivity contribution in [2.45, 2.75) is 45.1 Å². The number of ether oxygens (including phenoxy) is 4. The van der Waals surface area contributed by atoms with Crippen LogP contribution in [0, 0.1) is 0 Å². The van der Waals surface area contributed by atoms with Crippen molar-refractivity contribution in [2.24, 2.45) is 0 Å². The summed E-state index contributed by atoms with van der Waals surface area (Å²) in [5.41, 5.74) is 3.79. The number of rotatable bonds is 17. The molecule has 0 bridgehead atoms. The first-order chi connectivity index (χ1) is 21.0. The van der Waals surface area contributed by atoms with Gasteiger partial charge in [-0.1, -0.05) is 48.5 Å². The van der Waals surface area contributed by atoms with Gasteiger partial charge >= 0.3 is 18.2 Å². The molecule has 0 aliphatic heterocycles. The molecule has 1 aliphatic rings. The molecule has 3 amide bonds. The predicted octanol–water partition coefficient (Wildman–Crippen LogP) is 3.78. The van der Waals surface area contributed by atoms with Gasteiger partial charge < -0.3 is 39.6 Å². The van der Waals surface area contributed by atoms with Crippen molar-refractivity contribution in [2.75, 3.05) is 59.2 Å². The van der Waals surface area contributed by atoms with Gasteiger partial charge in [0, 0.05) is 38.5 Å². The summed E-state index contributed by atoms with van der Waals surface area (Å²) in [5.74, 6) is -1.29. The summed E-state index contributed by atoms with van der Waals surface area (Å²) < 4.78 is 21.5. The van der Waals surface area contributed by atoms with Crippen LogP contribution in [0.1, 0.15) is 50.7 Å². The summed E-state index contributed by atoms with van der Waals surface area (Å²) in [5, 5.41) is 14.0. The minimum atomic E-state index is -0.931. The Balaban J connectivity index is 1.48. The van der Waals surface area contributed by atoms with E-state index in [0.29, 0.717) is 0 Å². The molecule has 0 aromatic heterocycles. The lowest BCUT2D eigenvalue weighted by Gasteiger charge is -2.24. The molecule has 12 nitrogen and oxygen atoms in total. The number of carboxylic acid groups (broad SMARTS) is 1. The molecule has 2 aromatic carbocycles. The molecule has 0 radical (unpaired) electrons. The molecular weight excluding hydrogens is 570 g/mol. The number of nitrogens with one attached hydrogen (secondary N) is 2. The molecule has 0 fully saturated rings. The summed E-state index contributed by atoms with van der Waals surface area (Å²) in [6, 6.07) is 16.1. The molecule has 0 saturated heterocycles. The van der Waals surface area contributed by atoms with E-state index in [1.807, 2.05) is 36.4 Å². The third-order valence-electron chi connectivity index (χ3n) is 6.65.